The van der Waals surface area contributed by atoms with Crippen molar-refractivity contribution in [1.82, 2.24) is 30.0 Å². The van der Waals surface area contributed by atoms with E-state index in [4.69, 9.17) is 21.3 Å². The lowest BCUT2D eigenvalue weighted by Crippen LogP contribution is -2.61. The van der Waals surface area contributed by atoms with E-state index in [0.29, 0.717) is 16.8 Å². The van der Waals surface area contributed by atoms with Crippen molar-refractivity contribution in [3.8, 4) is 17.1 Å². The average Bonchev–Trinajstić information content (AvgIpc) is 3.47. The second-order valence-electron chi connectivity index (χ2n) is 12.4. The minimum Gasteiger partial charge on any atom is -0.460 e. The number of halogens is 2. The van der Waals surface area contributed by atoms with Gasteiger partial charge in [-0.1, -0.05) is 30.3 Å². The molecule has 3 saturated heterocycles. The van der Waals surface area contributed by atoms with Gasteiger partial charge < -0.3 is 19.4 Å². The summed E-state index contributed by atoms with van der Waals surface area (Å²) in [6.45, 7) is 10.3. The smallest absolute Gasteiger partial charge is 0.319 e. The zero-order chi connectivity index (χ0) is 29.9. The summed E-state index contributed by atoms with van der Waals surface area (Å²) in [5.41, 5.74) is 2.84. The summed E-state index contributed by atoms with van der Waals surface area (Å²) in [5, 5.41) is 8.92. The van der Waals surface area contributed by atoms with E-state index in [2.05, 4.69) is 38.6 Å². The first-order chi connectivity index (χ1) is 20.7. The zero-order valence-electron chi connectivity index (χ0n) is 24.5. The van der Waals surface area contributed by atoms with Crippen LogP contribution in [-0.4, -0.2) is 88.3 Å². The maximum Gasteiger partial charge on any atom is 0.319 e. The first-order valence-corrected chi connectivity index (χ1v) is 15.3. The molecule has 9 nitrogen and oxygen atoms in total. The molecular weight excluding hydrogens is 569 g/mol. The van der Waals surface area contributed by atoms with E-state index in [-0.39, 0.29) is 39.5 Å². The first-order valence-electron chi connectivity index (χ1n) is 14.9. The predicted octanol–water partition coefficient (Wildman–Crippen LogP) is 5.36. The minimum absolute atomic E-state index is 0.0208. The van der Waals surface area contributed by atoms with Crippen molar-refractivity contribution in [2.75, 3.05) is 51.2 Å². The molecule has 5 heterocycles. The third-order valence-electron chi connectivity index (χ3n) is 9.52. The molecule has 0 atom stereocenters. The number of nitrogens with zero attached hydrogens (tertiary/aromatic N) is 6. The Morgan fingerprint density at radius 2 is 1.91 bits per heavy atom. The quantitative estimate of drug-likeness (QED) is 0.307. The highest BCUT2D eigenvalue weighted by Crippen LogP contribution is 2.45. The number of carbonyl (C=O) groups is 1. The number of hydrogen-bond acceptors (Lipinski definition) is 7. The van der Waals surface area contributed by atoms with Crippen LogP contribution in [0.2, 0.25) is 5.02 Å². The Labute approximate surface area is 254 Å². The summed E-state index contributed by atoms with van der Waals surface area (Å²) >= 11 is 6.91. The monoisotopic (exact) mass is 603 g/mol. The second-order valence-corrected chi connectivity index (χ2v) is 12.8. The molecule has 224 valence electrons. The van der Waals surface area contributed by atoms with E-state index in [1.807, 2.05) is 24.0 Å². The molecular formula is C32H35ClFN7O2. The number of aryl methyl sites for hydroxylation is 1. The number of carbonyl (C=O) groups excluding carboxylic acids is 1. The van der Waals surface area contributed by atoms with Gasteiger partial charge in [0.15, 0.2) is 5.82 Å². The summed E-state index contributed by atoms with van der Waals surface area (Å²) in [7, 11) is 2.10. The van der Waals surface area contributed by atoms with Crippen LogP contribution in [0.3, 0.4) is 0 Å². The fourth-order valence-corrected chi connectivity index (χ4v) is 7.22. The van der Waals surface area contributed by atoms with Crippen molar-refractivity contribution in [1.29, 1.82) is 0 Å². The number of likely N-dealkylation sites (tertiary alicyclic amines) is 2. The number of ether oxygens (including phenoxy) is 1. The molecule has 1 amide bonds. The van der Waals surface area contributed by atoms with Crippen molar-refractivity contribution < 1.29 is 13.9 Å². The highest BCUT2D eigenvalue weighted by molar-refractivity contribution is 6.35. The van der Waals surface area contributed by atoms with Crippen molar-refractivity contribution >= 4 is 45.1 Å². The Bertz CT molecular complexity index is 1730. The summed E-state index contributed by atoms with van der Waals surface area (Å²) in [6.07, 6.45) is 6.58. The van der Waals surface area contributed by atoms with Gasteiger partial charge >= 0.3 is 6.01 Å². The number of H-pyrrole nitrogens is 1. The molecule has 0 aliphatic carbocycles. The number of piperidine rings is 2. The Morgan fingerprint density at radius 1 is 1.16 bits per heavy atom. The van der Waals surface area contributed by atoms with Gasteiger partial charge in [0.25, 0.3) is 0 Å². The second kappa shape index (κ2) is 10.7. The van der Waals surface area contributed by atoms with Gasteiger partial charge in [0, 0.05) is 66.6 Å². The third kappa shape index (κ3) is 4.90. The molecule has 0 bridgehead atoms. The molecule has 3 aliphatic rings. The number of aromatic amines is 1. The summed E-state index contributed by atoms with van der Waals surface area (Å²) in [5.74, 6) is 0.105. The van der Waals surface area contributed by atoms with E-state index in [0.717, 1.165) is 81.4 Å². The van der Waals surface area contributed by atoms with Crippen LogP contribution in [-0.2, 0) is 4.79 Å². The van der Waals surface area contributed by atoms with Crippen LogP contribution in [0.15, 0.2) is 37.1 Å². The van der Waals surface area contributed by atoms with E-state index in [1.54, 1.807) is 12.3 Å². The van der Waals surface area contributed by atoms with E-state index >= 15 is 4.39 Å². The normalized spacial score (nSPS) is 19.3. The number of amides is 1. The molecule has 43 heavy (non-hydrogen) atoms. The van der Waals surface area contributed by atoms with E-state index in [9.17, 15) is 4.79 Å². The predicted molar refractivity (Wildman–Crippen MR) is 166 cm³/mol. The molecule has 1 spiro atoms. The fourth-order valence-electron chi connectivity index (χ4n) is 6.93. The molecule has 0 unspecified atom stereocenters. The van der Waals surface area contributed by atoms with Gasteiger partial charge in [-0.3, -0.25) is 9.89 Å². The molecule has 2 aromatic heterocycles. The molecule has 1 N–H and O–H groups in total. The number of nitrogens with one attached hydrogen (secondary N) is 1. The van der Waals surface area contributed by atoms with Gasteiger partial charge in [0.05, 0.1) is 16.7 Å². The first kappa shape index (κ1) is 28.0. The number of benzene rings is 2. The van der Waals surface area contributed by atoms with E-state index in [1.165, 1.54) is 6.08 Å². The lowest BCUT2D eigenvalue weighted by Gasteiger charge is -2.54. The summed E-state index contributed by atoms with van der Waals surface area (Å²) < 4.78 is 23.1. The molecule has 0 saturated carbocycles. The van der Waals surface area contributed by atoms with Crippen LogP contribution in [0.4, 0.5) is 10.2 Å². The lowest BCUT2D eigenvalue weighted by atomic mass is 9.72. The van der Waals surface area contributed by atoms with Crippen molar-refractivity contribution in [2.24, 2.45) is 5.41 Å². The maximum atomic E-state index is 16.8. The molecule has 11 heteroatoms. The topological polar surface area (TPSA) is 90.5 Å². The van der Waals surface area contributed by atoms with Gasteiger partial charge in [-0.15, -0.1) is 0 Å². The largest absolute Gasteiger partial charge is 0.460 e. The van der Waals surface area contributed by atoms with Crippen LogP contribution in [0.1, 0.15) is 31.2 Å². The van der Waals surface area contributed by atoms with Crippen LogP contribution >= 0.6 is 11.6 Å². The molecule has 0 radical (unpaired) electrons. The Hall–Kier alpha value is -3.76. The number of anilines is 1. The third-order valence-corrected chi connectivity index (χ3v) is 9.82. The van der Waals surface area contributed by atoms with Crippen LogP contribution in [0, 0.1) is 18.2 Å². The van der Waals surface area contributed by atoms with Crippen molar-refractivity contribution in [3.05, 3.63) is 53.5 Å². The molecule has 3 aliphatic heterocycles. The zero-order valence-corrected chi connectivity index (χ0v) is 25.3. The maximum absolute atomic E-state index is 16.8. The van der Waals surface area contributed by atoms with Crippen LogP contribution in [0.5, 0.6) is 6.01 Å². The highest BCUT2D eigenvalue weighted by Gasteiger charge is 2.46. The average molecular weight is 604 g/mol. The minimum atomic E-state index is -0.504. The lowest BCUT2D eigenvalue weighted by molar-refractivity contribution is -0.139. The van der Waals surface area contributed by atoms with Crippen molar-refractivity contribution in [2.45, 2.75) is 38.7 Å². The number of hydrogen-bond donors (Lipinski definition) is 1. The van der Waals surface area contributed by atoms with Crippen LogP contribution < -0.4 is 9.64 Å². The van der Waals surface area contributed by atoms with Gasteiger partial charge in [-0.25, -0.2) is 4.39 Å². The SMILES string of the molecule is C=CC(=O)N1CC2(CCN(c3nc(OC4CCN(C)CC4)nc4c(F)c(-c5c(C)ccc6cn[nH]c56)c(Cl)cc34)CC2)C1. The molecule has 4 aromatic rings. The Balaban J connectivity index is 1.29. The fraction of sp³-hybridized carbons (Fsp3) is 0.438. The Morgan fingerprint density at radius 3 is 2.63 bits per heavy atom. The standard InChI is InChI=1S/C32H35ClFN7O2/c1-4-24(42)41-17-32(18-41)9-13-40(14-10-32)30-22-15-23(33)26(25-19(2)5-6-20-16-35-38-28(20)25)27(34)29(22)36-31(37-30)43-21-7-11-39(3)12-8-21/h4-6,15-16,21H,1,7-14,17-18H2,2-3H3,(H,35,38). The summed E-state index contributed by atoms with van der Waals surface area (Å²) in [6, 6.07) is 5.88. The number of rotatable bonds is 5. The molecule has 2 aromatic carbocycles. The molecule has 3 fully saturated rings. The number of aromatic nitrogens is 4. The van der Waals surface area contributed by atoms with Crippen molar-refractivity contribution in [3.63, 3.8) is 0 Å². The van der Waals surface area contributed by atoms with Gasteiger partial charge in [0.1, 0.15) is 17.4 Å². The Kier molecular flexibility index (Phi) is 7.01. The van der Waals surface area contributed by atoms with Gasteiger partial charge in [-0.2, -0.15) is 15.1 Å². The highest BCUT2D eigenvalue weighted by atomic mass is 35.5. The van der Waals surface area contributed by atoms with E-state index < -0.39 is 5.82 Å². The molecule has 7 rings (SSSR count). The summed E-state index contributed by atoms with van der Waals surface area (Å²) in [4.78, 5) is 27.9. The van der Waals surface area contributed by atoms with Gasteiger partial charge in [0.2, 0.25) is 5.91 Å². The number of fused-ring (bicyclic) bond motifs is 2. The van der Waals surface area contributed by atoms with Gasteiger partial charge in [-0.05, 0) is 57.4 Å². The van der Waals surface area contributed by atoms with Crippen LogP contribution in [0.25, 0.3) is 32.9 Å².